The number of rotatable bonds is 4. The first kappa shape index (κ1) is 16.9. The van der Waals surface area contributed by atoms with E-state index in [4.69, 9.17) is 4.74 Å². The summed E-state index contributed by atoms with van der Waals surface area (Å²) in [7, 11) is -3.41. The highest BCUT2D eigenvalue weighted by molar-refractivity contribution is 7.89. The lowest BCUT2D eigenvalue weighted by molar-refractivity contribution is 0.0730. The number of likely N-dealkylation sites (tertiary alicyclic amines) is 1. The summed E-state index contributed by atoms with van der Waals surface area (Å²) in [6.45, 7) is 8.22. The first-order chi connectivity index (χ1) is 10.9. The molecule has 2 aliphatic rings. The summed E-state index contributed by atoms with van der Waals surface area (Å²) < 4.78 is 32.3. The Hall–Kier alpha value is -0.950. The average molecular weight is 338 g/mol. The van der Waals surface area contributed by atoms with Crippen LogP contribution in [0.15, 0.2) is 29.2 Å². The van der Waals surface area contributed by atoms with Gasteiger partial charge in [-0.15, -0.1) is 0 Å². The first-order valence-electron chi connectivity index (χ1n) is 8.31. The third-order valence-electron chi connectivity index (χ3n) is 4.95. The SMILES string of the molecule is CC1(C)CCCN1Cc1cccc(S(=O)(=O)N2CCOCC2)c1. The predicted octanol–water partition coefficient (Wildman–Crippen LogP) is 2.08. The molecule has 2 aliphatic heterocycles. The quantitative estimate of drug-likeness (QED) is 0.843. The van der Waals surface area contributed by atoms with Gasteiger partial charge in [-0.05, 0) is 50.9 Å². The van der Waals surface area contributed by atoms with Crippen LogP contribution in [-0.4, -0.2) is 56.0 Å². The lowest BCUT2D eigenvalue weighted by atomic mass is 10.0. The monoisotopic (exact) mass is 338 g/mol. The van der Waals surface area contributed by atoms with Gasteiger partial charge in [0.1, 0.15) is 0 Å². The number of sulfonamides is 1. The second-order valence-corrected chi connectivity index (χ2v) is 8.94. The number of benzene rings is 1. The Morgan fingerprint density at radius 2 is 1.91 bits per heavy atom. The Kier molecular flexibility index (Phi) is 4.78. The minimum absolute atomic E-state index is 0.194. The molecule has 0 unspecified atom stereocenters. The minimum Gasteiger partial charge on any atom is -0.379 e. The fourth-order valence-electron chi connectivity index (χ4n) is 3.42. The Bertz CT molecular complexity index is 652. The zero-order chi connectivity index (χ0) is 16.5. The molecule has 0 atom stereocenters. The van der Waals surface area contributed by atoms with Gasteiger partial charge in [-0.25, -0.2) is 8.42 Å². The summed E-state index contributed by atoms with van der Waals surface area (Å²) in [5.74, 6) is 0. The van der Waals surface area contributed by atoms with Crippen molar-refractivity contribution in [3.05, 3.63) is 29.8 Å². The normalized spacial score (nSPS) is 23.2. The topological polar surface area (TPSA) is 49.9 Å². The largest absolute Gasteiger partial charge is 0.379 e. The predicted molar refractivity (Wildman–Crippen MR) is 89.7 cm³/mol. The van der Waals surface area contributed by atoms with Gasteiger partial charge in [0.05, 0.1) is 18.1 Å². The molecule has 0 aromatic heterocycles. The van der Waals surface area contributed by atoms with Crippen LogP contribution in [0.4, 0.5) is 0 Å². The molecule has 0 radical (unpaired) electrons. The molecule has 2 fully saturated rings. The lowest BCUT2D eigenvalue weighted by Gasteiger charge is -2.31. The molecule has 5 nitrogen and oxygen atoms in total. The van der Waals surface area contributed by atoms with Gasteiger partial charge in [0.15, 0.2) is 0 Å². The molecule has 0 amide bonds. The van der Waals surface area contributed by atoms with Gasteiger partial charge < -0.3 is 4.74 Å². The second-order valence-electron chi connectivity index (χ2n) is 7.00. The summed E-state index contributed by atoms with van der Waals surface area (Å²) in [5.41, 5.74) is 1.26. The van der Waals surface area contributed by atoms with Crippen molar-refractivity contribution in [3.63, 3.8) is 0 Å². The van der Waals surface area contributed by atoms with Gasteiger partial charge in [0, 0.05) is 25.2 Å². The third-order valence-corrected chi connectivity index (χ3v) is 6.85. The fraction of sp³-hybridized carbons (Fsp3) is 0.647. The summed E-state index contributed by atoms with van der Waals surface area (Å²) in [4.78, 5) is 2.84. The maximum Gasteiger partial charge on any atom is 0.243 e. The molecule has 1 aromatic rings. The Balaban J connectivity index is 1.79. The van der Waals surface area contributed by atoms with E-state index >= 15 is 0 Å². The highest BCUT2D eigenvalue weighted by Gasteiger charge is 2.32. The molecule has 2 saturated heterocycles. The van der Waals surface area contributed by atoms with Crippen LogP contribution >= 0.6 is 0 Å². The van der Waals surface area contributed by atoms with Crippen molar-refractivity contribution in [2.24, 2.45) is 0 Å². The van der Waals surface area contributed by atoms with Crippen molar-refractivity contribution < 1.29 is 13.2 Å². The molecule has 23 heavy (non-hydrogen) atoms. The molecule has 0 spiro atoms. The van der Waals surface area contributed by atoms with Gasteiger partial charge in [0.25, 0.3) is 0 Å². The van der Waals surface area contributed by atoms with E-state index in [1.54, 1.807) is 6.07 Å². The maximum atomic E-state index is 12.8. The van der Waals surface area contributed by atoms with E-state index in [0.29, 0.717) is 31.2 Å². The van der Waals surface area contributed by atoms with Gasteiger partial charge in [-0.1, -0.05) is 12.1 Å². The van der Waals surface area contributed by atoms with Gasteiger partial charge in [-0.2, -0.15) is 4.31 Å². The van der Waals surface area contributed by atoms with Crippen molar-refractivity contribution in [3.8, 4) is 0 Å². The third kappa shape index (κ3) is 3.60. The first-order valence-corrected chi connectivity index (χ1v) is 9.75. The summed E-state index contributed by atoms with van der Waals surface area (Å²) in [6, 6.07) is 7.40. The molecular formula is C17H26N2O3S. The highest BCUT2D eigenvalue weighted by atomic mass is 32.2. The van der Waals surface area contributed by atoms with Crippen molar-refractivity contribution in [1.29, 1.82) is 0 Å². The molecule has 128 valence electrons. The van der Waals surface area contributed by atoms with Crippen LogP contribution in [0.2, 0.25) is 0 Å². The van der Waals surface area contributed by atoms with Crippen molar-refractivity contribution >= 4 is 10.0 Å². The molecule has 0 bridgehead atoms. The molecule has 1 aromatic carbocycles. The summed E-state index contributed by atoms with van der Waals surface area (Å²) in [6.07, 6.45) is 2.40. The van der Waals surface area contributed by atoms with Crippen molar-refractivity contribution in [2.75, 3.05) is 32.8 Å². The van der Waals surface area contributed by atoms with E-state index in [0.717, 1.165) is 18.7 Å². The van der Waals surface area contributed by atoms with Gasteiger partial charge in [-0.3, -0.25) is 4.90 Å². The molecule has 0 saturated carbocycles. The van der Waals surface area contributed by atoms with Crippen LogP contribution in [-0.2, 0) is 21.3 Å². The van der Waals surface area contributed by atoms with Crippen LogP contribution in [0.1, 0.15) is 32.3 Å². The molecule has 3 rings (SSSR count). The molecule has 2 heterocycles. The Morgan fingerprint density at radius 1 is 1.17 bits per heavy atom. The van der Waals surface area contributed by atoms with Crippen molar-refractivity contribution in [2.45, 2.75) is 43.7 Å². The lowest BCUT2D eigenvalue weighted by Crippen LogP contribution is -2.40. The Morgan fingerprint density at radius 3 is 2.57 bits per heavy atom. The summed E-state index contributed by atoms with van der Waals surface area (Å²) >= 11 is 0. The van der Waals surface area contributed by atoms with E-state index in [9.17, 15) is 8.42 Å². The van der Waals surface area contributed by atoms with Crippen LogP contribution in [0, 0.1) is 0 Å². The Labute approximate surface area is 139 Å². The van der Waals surface area contributed by atoms with E-state index in [1.165, 1.54) is 17.1 Å². The van der Waals surface area contributed by atoms with Crippen molar-refractivity contribution in [1.82, 2.24) is 9.21 Å². The zero-order valence-electron chi connectivity index (χ0n) is 14.0. The fourth-order valence-corrected chi connectivity index (χ4v) is 4.90. The smallest absolute Gasteiger partial charge is 0.243 e. The van der Waals surface area contributed by atoms with Crippen LogP contribution in [0.25, 0.3) is 0 Å². The van der Waals surface area contributed by atoms with E-state index in [-0.39, 0.29) is 5.54 Å². The van der Waals surface area contributed by atoms with Crippen LogP contribution in [0.5, 0.6) is 0 Å². The molecule has 6 heteroatoms. The number of hydrogen-bond donors (Lipinski definition) is 0. The van der Waals surface area contributed by atoms with Gasteiger partial charge >= 0.3 is 0 Å². The second kappa shape index (κ2) is 6.51. The minimum atomic E-state index is -3.41. The van der Waals surface area contributed by atoms with Crippen LogP contribution in [0.3, 0.4) is 0 Å². The maximum absolute atomic E-state index is 12.8. The number of ether oxygens (including phenoxy) is 1. The summed E-state index contributed by atoms with van der Waals surface area (Å²) in [5, 5.41) is 0. The van der Waals surface area contributed by atoms with E-state index in [1.807, 2.05) is 18.2 Å². The average Bonchev–Trinajstić information content (AvgIpc) is 2.87. The number of morpholine rings is 1. The zero-order valence-corrected chi connectivity index (χ0v) is 14.8. The molecule has 0 N–H and O–H groups in total. The molecular weight excluding hydrogens is 312 g/mol. The highest BCUT2D eigenvalue weighted by Crippen LogP contribution is 2.30. The van der Waals surface area contributed by atoms with Gasteiger partial charge in [0.2, 0.25) is 10.0 Å². The van der Waals surface area contributed by atoms with Crippen LogP contribution < -0.4 is 0 Å². The molecule has 0 aliphatic carbocycles. The number of nitrogens with zero attached hydrogens (tertiary/aromatic N) is 2. The van der Waals surface area contributed by atoms with E-state index in [2.05, 4.69) is 18.7 Å². The number of hydrogen-bond acceptors (Lipinski definition) is 4. The van der Waals surface area contributed by atoms with E-state index < -0.39 is 10.0 Å². The standard InChI is InChI=1S/C17H26N2O3S/c1-17(2)7-4-8-18(17)14-15-5-3-6-16(13-15)23(20,21)19-9-11-22-12-10-19/h3,5-6,13H,4,7-12,14H2,1-2H3.